The molecule has 1 aromatic heterocycles. The van der Waals surface area contributed by atoms with Crippen molar-refractivity contribution in [3.63, 3.8) is 0 Å². The van der Waals surface area contributed by atoms with Crippen LogP contribution in [0.2, 0.25) is 0 Å². The molecular formula is C22H30N4O3. The molecular weight excluding hydrogens is 368 g/mol. The minimum absolute atomic E-state index is 0.00852. The first-order valence-electron chi connectivity index (χ1n) is 10.7. The van der Waals surface area contributed by atoms with Gasteiger partial charge in [0.1, 0.15) is 0 Å². The minimum atomic E-state index is -0.0711. The number of para-hydroxylation sites is 2. The quantitative estimate of drug-likeness (QED) is 0.862. The number of aromatic nitrogens is 2. The summed E-state index contributed by atoms with van der Waals surface area (Å²) in [5.74, 6) is 0.417. The van der Waals surface area contributed by atoms with E-state index in [-0.39, 0.29) is 35.4 Å². The van der Waals surface area contributed by atoms with Crippen molar-refractivity contribution in [2.75, 3.05) is 26.2 Å². The number of hydrogen-bond acceptors (Lipinski definition) is 3. The fourth-order valence-electron chi connectivity index (χ4n) is 4.75. The zero-order chi connectivity index (χ0) is 20.5. The Morgan fingerprint density at radius 3 is 2.24 bits per heavy atom. The largest absolute Gasteiger partial charge is 0.342 e. The van der Waals surface area contributed by atoms with Crippen LogP contribution in [0, 0.1) is 11.8 Å². The molecule has 4 rings (SSSR count). The van der Waals surface area contributed by atoms with Crippen molar-refractivity contribution < 1.29 is 9.59 Å². The summed E-state index contributed by atoms with van der Waals surface area (Å²) >= 11 is 0. The summed E-state index contributed by atoms with van der Waals surface area (Å²) < 4.78 is 1.85. The zero-order valence-electron chi connectivity index (χ0n) is 17.3. The van der Waals surface area contributed by atoms with Crippen molar-refractivity contribution in [3.8, 4) is 0 Å². The third-order valence-electron chi connectivity index (χ3n) is 6.42. The highest BCUT2D eigenvalue weighted by Crippen LogP contribution is 2.27. The highest BCUT2D eigenvalue weighted by atomic mass is 16.2. The summed E-state index contributed by atoms with van der Waals surface area (Å²) in [5.41, 5.74) is 1.72. The summed E-state index contributed by atoms with van der Waals surface area (Å²) in [6, 6.07) is 7.87. The summed E-state index contributed by atoms with van der Waals surface area (Å²) in [4.78, 5) is 44.3. The van der Waals surface area contributed by atoms with Gasteiger partial charge in [-0.25, -0.2) is 4.79 Å². The van der Waals surface area contributed by atoms with E-state index < -0.39 is 0 Å². The van der Waals surface area contributed by atoms with E-state index in [0.717, 1.165) is 36.7 Å². The summed E-state index contributed by atoms with van der Waals surface area (Å²) in [5, 5.41) is 0. The third-order valence-corrected chi connectivity index (χ3v) is 6.42. The lowest BCUT2D eigenvalue weighted by molar-refractivity contribution is -0.142. The highest BCUT2D eigenvalue weighted by Gasteiger charge is 2.33. The molecule has 7 nitrogen and oxygen atoms in total. The molecule has 0 atom stereocenters. The van der Waals surface area contributed by atoms with E-state index >= 15 is 0 Å². The number of aromatic amines is 1. The normalized spacial score (nSPS) is 19.3. The van der Waals surface area contributed by atoms with E-state index in [1.165, 1.54) is 0 Å². The Kier molecular flexibility index (Phi) is 5.48. The number of H-pyrrole nitrogens is 1. The Labute approximate surface area is 170 Å². The third kappa shape index (κ3) is 3.82. The first-order chi connectivity index (χ1) is 14.0. The van der Waals surface area contributed by atoms with Crippen LogP contribution >= 0.6 is 0 Å². The van der Waals surface area contributed by atoms with Crippen molar-refractivity contribution in [1.82, 2.24) is 19.4 Å². The molecule has 156 valence electrons. The molecule has 0 aliphatic carbocycles. The van der Waals surface area contributed by atoms with Crippen LogP contribution in [0.25, 0.3) is 11.0 Å². The van der Waals surface area contributed by atoms with Crippen LogP contribution in [0.4, 0.5) is 0 Å². The van der Waals surface area contributed by atoms with E-state index in [0.29, 0.717) is 26.2 Å². The number of imidazole rings is 1. The average Bonchev–Trinajstić information content (AvgIpc) is 3.08. The Bertz CT molecular complexity index is 944. The molecule has 0 saturated carbocycles. The number of benzene rings is 1. The van der Waals surface area contributed by atoms with E-state index in [1.54, 1.807) is 0 Å². The number of likely N-dealkylation sites (tertiary alicyclic amines) is 2. The smallest absolute Gasteiger partial charge is 0.326 e. The summed E-state index contributed by atoms with van der Waals surface area (Å²) in [6.45, 7) is 6.55. The average molecular weight is 399 g/mol. The fraction of sp³-hybridized carbons (Fsp3) is 0.591. The maximum absolute atomic E-state index is 13.0. The van der Waals surface area contributed by atoms with Gasteiger partial charge in [-0.15, -0.1) is 0 Å². The van der Waals surface area contributed by atoms with Crippen molar-refractivity contribution in [1.29, 1.82) is 0 Å². The van der Waals surface area contributed by atoms with Crippen LogP contribution in [-0.2, 0) is 9.59 Å². The van der Waals surface area contributed by atoms with E-state index in [1.807, 2.05) is 52.5 Å². The van der Waals surface area contributed by atoms with Crippen molar-refractivity contribution in [2.45, 2.75) is 45.6 Å². The maximum Gasteiger partial charge on any atom is 0.326 e. The monoisotopic (exact) mass is 398 g/mol. The standard InChI is InChI=1S/C22H30N4O3/c1-15(2)20(27)24-11-7-16(8-12-24)21(28)25-13-9-17(10-14-25)26-19-6-4-3-5-18(19)23-22(26)29/h3-6,15-17H,7-14H2,1-2H3,(H,23,29). The molecule has 0 spiro atoms. The number of carbonyl (C=O) groups is 2. The lowest BCUT2D eigenvalue weighted by Crippen LogP contribution is -2.47. The van der Waals surface area contributed by atoms with Gasteiger partial charge in [-0.3, -0.25) is 14.2 Å². The lowest BCUT2D eigenvalue weighted by atomic mass is 9.93. The summed E-state index contributed by atoms with van der Waals surface area (Å²) in [7, 11) is 0. The minimum Gasteiger partial charge on any atom is -0.342 e. The number of rotatable bonds is 3. The first kappa shape index (κ1) is 19.7. The molecule has 2 aliphatic rings. The van der Waals surface area contributed by atoms with E-state index in [4.69, 9.17) is 0 Å². The second-order valence-corrected chi connectivity index (χ2v) is 8.63. The molecule has 2 aliphatic heterocycles. The molecule has 0 radical (unpaired) electrons. The van der Waals surface area contributed by atoms with Crippen LogP contribution < -0.4 is 5.69 Å². The van der Waals surface area contributed by atoms with Gasteiger partial charge in [0.2, 0.25) is 11.8 Å². The Balaban J connectivity index is 1.35. The Hall–Kier alpha value is -2.57. The molecule has 1 aromatic carbocycles. The molecule has 2 aromatic rings. The molecule has 3 heterocycles. The predicted octanol–water partition coefficient (Wildman–Crippen LogP) is 2.39. The van der Waals surface area contributed by atoms with Gasteiger partial charge in [-0.05, 0) is 37.8 Å². The molecule has 2 fully saturated rings. The van der Waals surface area contributed by atoms with Crippen molar-refractivity contribution in [2.24, 2.45) is 11.8 Å². The van der Waals surface area contributed by atoms with E-state index in [9.17, 15) is 14.4 Å². The Morgan fingerprint density at radius 1 is 0.966 bits per heavy atom. The van der Waals surface area contributed by atoms with Gasteiger partial charge < -0.3 is 14.8 Å². The number of hydrogen-bond donors (Lipinski definition) is 1. The summed E-state index contributed by atoms with van der Waals surface area (Å²) in [6.07, 6.45) is 3.08. The molecule has 2 saturated heterocycles. The fourth-order valence-corrected chi connectivity index (χ4v) is 4.75. The number of carbonyl (C=O) groups excluding carboxylic acids is 2. The second-order valence-electron chi connectivity index (χ2n) is 8.63. The van der Waals surface area contributed by atoms with Gasteiger partial charge in [0.15, 0.2) is 0 Å². The molecule has 29 heavy (non-hydrogen) atoms. The number of piperidine rings is 2. The van der Waals surface area contributed by atoms with Crippen LogP contribution in [0.15, 0.2) is 29.1 Å². The van der Waals surface area contributed by atoms with Crippen LogP contribution in [0.1, 0.15) is 45.6 Å². The van der Waals surface area contributed by atoms with Crippen LogP contribution in [-0.4, -0.2) is 57.3 Å². The van der Waals surface area contributed by atoms with Gasteiger partial charge in [-0.1, -0.05) is 26.0 Å². The molecule has 0 bridgehead atoms. The molecule has 2 amide bonds. The number of fused-ring (bicyclic) bond motifs is 1. The Morgan fingerprint density at radius 2 is 1.59 bits per heavy atom. The lowest BCUT2D eigenvalue weighted by Gasteiger charge is -2.37. The number of nitrogens with one attached hydrogen (secondary N) is 1. The second kappa shape index (κ2) is 8.05. The molecule has 1 N–H and O–H groups in total. The SMILES string of the molecule is CC(C)C(=O)N1CCC(C(=O)N2CCC(n3c(=O)[nH]c4ccccc43)CC2)CC1. The van der Waals surface area contributed by atoms with Crippen LogP contribution in [0.3, 0.4) is 0 Å². The number of nitrogens with zero attached hydrogens (tertiary/aromatic N) is 3. The van der Waals surface area contributed by atoms with E-state index in [2.05, 4.69) is 4.98 Å². The number of amides is 2. The van der Waals surface area contributed by atoms with Gasteiger partial charge >= 0.3 is 5.69 Å². The predicted molar refractivity (Wildman–Crippen MR) is 112 cm³/mol. The van der Waals surface area contributed by atoms with Crippen LogP contribution in [0.5, 0.6) is 0 Å². The zero-order valence-corrected chi connectivity index (χ0v) is 17.3. The van der Waals surface area contributed by atoms with Gasteiger partial charge in [0.05, 0.1) is 11.0 Å². The first-order valence-corrected chi connectivity index (χ1v) is 10.7. The topological polar surface area (TPSA) is 78.4 Å². The van der Waals surface area contributed by atoms with Gasteiger partial charge in [0, 0.05) is 44.1 Å². The highest BCUT2D eigenvalue weighted by molar-refractivity contribution is 5.81. The maximum atomic E-state index is 13.0. The molecule has 0 unspecified atom stereocenters. The van der Waals surface area contributed by atoms with Crippen molar-refractivity contribution >= 4 is 22.8 Å². The van der Waals surface area contributed by atoms with Crippen molar-refractivity contribution in [3.05, 3.63) is 34.7 Å². The van der Waals surface area contributed by atoms with Gasteiger partial charge in [-0.2, -0.15) is 0 Å². The molecule has 7 heteroatoms. The van der Waals surface area contributed by atoms with Gasteiger partial charge in [0.25, 0.3) is 0 Å².